The SMILES string of the molecule is CC(=O)N1CCCSc2ccc(S(=O)(=O)NCCCN3CCCC3=O)cc21. The van der Waals surface area contributed by atoms with Crippen LogP contribution < -0.4 is 9.62 Å². The number of carbonyl (C=O) groups is 2. The summed E-state index contributed by atoms with van der Waals surface area (Å²) >= 11 is 1.64. The molecule has 0 aromatic heterocycles. The molecule has 2 amide bonds. The van der Waals surface area contributed by atoms with Crippen LogP contribution in [0.3, 0.4) is 0 Å². The predicted octanol–water partition coefficient (Wildman–Crippen LogP) is 1.83. The van der Waals surface area contributed by atoms with Crippen LogP contribution in [0, 0.1) is 0 Å². The van der Waals surface area contributed by atoms with Gasteiger partial charge >= 0.3 is 0 Å². The third kappa shape index (κ3) is 4.83. The average Bonchev–Trinajstić information content (AvgIpc) is 2.91. The van der Waals surface area contributed by atoms with Gasteiger partial charge in [-0.25, -0.2) is 13.1 Å². The molecule has 148 valence electrons. The fourth-order valence-corrected chi connectivity index (χ4v) is 5.42. The first-order chi connectivity index (χ1) is 12.9. The van der Waals surface area contributed by atoms with E-state index in [2.05, 4.69) is 4.72 Å². The highest BCUT2D eigenvalue weighted by molar-refractivity contribution is 7.99. The number of sulfonamides is 1. The summed E-state index contributed by atoms with van der Waals surface area (Å²) in [5.41, 5.74) is 0.663. The van der Waals surface area contributed by atoms with E-state index in [4.69, 9.17) is 0 Å². The molecule has 1 fully saturated rings. The summed E-state index contributed by atoms with van der Waals surface area (Å²) in [6.45, 7) is 3.69. The van der Waals surface area contributed by atoms with Crippen LogP contribution in [0.2, 0.25) is 0 Å². The molecule has 0 spiro atoms. The number of nitrogens with one attached hydrogen (secondary N) is 1. The highest BCUT2D eigenvalue weighted by Crippen LogP contribution is 2.35. The predicted molar refractivity (Wildman–Crippen MR) is 105 cm³/mol. The van der Waals surface area contributed by atoms with Crippen LogP contribution >= 0.6 is 11.8 Å². The quantitative estimate of drug-likeness (QED) is 0.722. The Balaban J connectivity index is 1.67. The van der Waals surface area contributed by atoms with Crippen LogP contribution in [0.15, 0.2) is 28.0 Å². The van der Waals surface area contributed by atoms with Crippen LogP contribution in [0.25, 0.3) is 0 Å². The average molecular weight is 412 g/mol. The van der Waals surface area contributed by atoms with Crippen molar-refractivity contribution >= 4 is 39.3 Å². The Kier molecular flexibility index (Phi) is 6.44. The molecule has 1 N–H and O–H groups in total. The number of hydrogen-bond donors (Lipinski definition) is 1. The Morgan fingerprint density at radius 1 is 1.26 bits per heavy atom. The summed E-state index contributed by atoms with van der Waals surface area (Å²) in [4.78, 5) is 28.1. The largest absolute Gasteiger partial charge is 0.343 e. The molecule has 0 bridgehead atoms. The summed E-state index contributed by atoms with van der Waals surface area (Å²) in [7, 11) is -3.66. The summed E-state index contributed by atoms with van der Waals surface area (Å²) < 4.78 is 27.9. The zero-order valence-corrected chi connectivity index (χ0v) is 17.1. The second-order valence-corrected chi connectivity index (χ2v) is 9.64. The number of fused-ring (bicyclic) bond motifs is 1. The van der Waals surface area contributed by atoms with Crippen molar-refractivity contribution in [1.82, 2.24) is 9.62 Å². The lowest BCUT2D eigenvalue weighted by Gasteiger charge is -2.21. The van der Waals surface area contributed by atoms with Crippen molar-refractivity contribution in [3.05, 3.63) is 18.2 Å². The van der Waals surface area contributed by atoms with E-state index in [0.717, 1.165) is 30.0 Å². The molecule has 2 aliphatic rings. The lowest BCUT2D eigenvalue weighted by Crippen LogP contribution is -2.31. The molecule has 2 heterocycles. The first kappa shape index (κ1) is 20.2. The van der Waals surface area contributed by atoms with E-state index < -0.39 is 10.0 Å². The van der Waals surface area contributed by atoms with Gasteiger partial charge in [-0.15, -0.1) is 11.8 Å². The van der Waals surface area contributed by atoms with E-state index >= 15 is 0 Å². The Morgan fingerprint density at radius 2 is 2.07 bits per heavy atom. The number of rotatable bonds is 6. The summed E-state index contributed by atoms with van der Waals surface area (Å²) in [6.07, 6.45) is 2.91. The molecule has 0 unspecified atom stereocenters. The van der Waals surface area contributed by atoms with Gasteiger partial charge in [-0.1, -0.05) is 0 Å². The van der Waals surface area contributed by atoms with Gasteiger partial charge in [0.2, 0.25) is 21.8 Å². The van der Waals surface area contributed by atoms with Crippen molar-refractivity contribution in [3.63, 3.8) is 0 Å². The molecule has 3 rings (SSSR count). The fourth-order valence-electron chi connectivity index (χ4n) is 3.35. The van der Waals surface area contributed by atoms with E-state index in [1.54, 1.807) is 39.8 Å². The van der Waals surface area contributed by atoms with E-state index in [0.29, 0.717) is 31.6 Å². The molecule has 7 nitrogen and oxygen atoms in total. The van der Waals surface area contributed by atoms with Crippen molar-refractivity contribution in [1.29, 1.82) is 0 Å². The van der Waals surface area contributed by atoms with Crippen molar-refractivity contribution in [2.24, 2.45) is 0 Å². The van der Waals surface area contributed by atoms with Gasteiger partial charge in [-0.2, -0.15) is 0 Å². The summed E-state index contributed by atoms with van der Waals surface area (Å²) in [6, 6.07) is 4.95. The number of anilines is 1. The van der Waals surface area contributed by atoms with Gasteiger partial charge < -0.3 is 9.80 Å². The summed E-state index contributed by atoms with van der Waals surface area (Å²) in [5, 5.41) is 0. The number of benzene rings is 1. The molecule has 0 radical (unpaired) electrons. The second kappa shape index (κ2) is 8.62. The van der Waals surface area contributed by atoms with E-state index in [9.17, 15) is 18.0 Å². The smallest absolute Gasteiger partial charge is 0.240 e. The van der Waals surface area contributed by atoms with Crippen molar-refractivity contribution in [3.8, 4) is 0 Å². The third-order valence-corrected chi connectivity index (χ3v) is 7.37. The lowest BCUT2D eigenvalue weighted by atomic mass is 10.2. The Bertz CT molecular complexity index is 826. The van der Waals surface area contributed by atoms with Gasteiger partial charge in [0.1, 0.15) is 0 Å². The molecule has 2 aliphatic heterocycles. The zero-order valence-electron chi connectivity index (χ0n) is 15.4. The molecule has 9 heteroatoms. The highest BCUT2D eigenvalue weighted by atomic mass is 32.2. The maximum Gasteiger partial charge on any atom is 0.240 e. The van der Waals surface area contributed by atoms with Crippen LogP contribution in [-0.4, -0.2) is 57.1 Å². The zero-order chi connectivity index (χ0) is 19.4. The lowest BCUT2D eigenvalue weighted by molar-refractivity contribution is -0.127. The molecule has 0 aliphatic carbocycles. The molecule has 1 aromatic rings. The first-order valence-electron chi connectivity index (χ1n) is 9.21. The highest BCUT2D eigenvalue weighted by Gasteiger charge is 2.23. The van der Waals surface area contributed by atoms with E-state index in [-0.39, 0.29) is 23.3 Å². The Labute approximate surface area is 164 Å². The number of hydrogen-bond acceptors (Lipinski definition) is 5. The van der Waals surface area contributed by atoms with E-state index in [1.807, 2.05) is 0 Å². The van der Waals surface area contributed by atoms with Gasteiger partial charge in [0, 0.05) is 44.4 Å². The van der Waals surface area contributed by atoms with Crippen molar-refractivity contribution in [2.75, 3.05) is 36.8 Å². The van der Waals surface area contributed by atoms with Crippen molar-refractivity contribution in [2.45, 2.75) is 42.4 Å². The topological polar surface area (TPSA) is 86.8 Å². The Hall–Kier alpha value is -1.58. The van der Waals surface area contributed by atoms with Gasteiger partial charge in [0.25, 0.3) is 0 Å². The second-order valence-electron chi connectivity index (χ2n) is 6.74. The number of nitrogens with zero attached hydrogens (tertiary/aromatic N) is 2. The molecule has 1 aromatic carbocycles. The van der Waals surface area contributed by atoms with Gasteiger partial charge in [0.05, 0.1) is 10.6 Å². The van der Waals surface area contributed by atoms with Gasteiger partial charge in [-0.3, -0.25) is 9.59 Å². The molecule has 0 atom stereocenters. The standard InChI is InChI=1S/C18H25N3O4S2/c1-14(22)21-11-4-12-26-17-7-6-15(13-16(17)21)27(24,25)19-8-3-10-20-9-2-5-18(20)23/h6-7,13,19H,2-5,8-12H2,1H3. The maximum atomic E-state index is 12.6. The van der Waals surface area contributed by atoms with Gasteiger partial charge in [0.15, 0.2) is 0 Å². The Morgan fingerprint density at radius 3 is 2.78 bits per heavy atom. The summed E-state index contributed by atoms with van der Waals surface area (Å²) in [5.74, 6) is 0.957. The monoisotopic (exact) mass is 411 g/mol. The van der Waals surface area contributed by atoms with Crippen LogP contribution in [0.1, 0.15) is 32.6 Å². The molecule has 1 saturated heterocycles. The van der Waals surface area contributed by atoms with E-state index in [1.165, 1.54) is 6.92 Å². The molecule has 0 saturated carbocycles. The molecular weight excluding hydrogens is 386 g/mol. The number of likely N-dealkylation sites (tertiary alicyclic amines) is 1. The van der Waals surface area contributed by atoms with Crippen LogP contribution in [-0.2, 0) is 19.6 Å². The fraction of sp³-hybridized carbons (Fsp3) is 0.556. The minimum atomic E-state index is -3.66. The van der Waals surface area contributed by atoms with Crippen molar-refractivity contribution < 1.29 is 18.0 Å². The maximum absolute atomic E-state index is 12.6. The van der Waals surface area contributed by atoms with Crippen LogP contribution in [0.5, 0.6) is 0 Å². The minimum Gasteiger partial charge on any atom is -0.343 e. The van der Waals surface area contributed by atoms with Gasteiger partial charge in [-0.05, 0) is 43.2 Å². The first-order valence-corrected chi connectivity index (χ1v) is 11.7. The normalized spacial score (nSPS) is 17.7. The number of thioether (sulfide) groups is 1. The third-order valence-electron chi connectivity index (χ3n) is 4.76. The number of carbonyl (C=O) groups excluding carboxylic acids is 2. The number of amides is 2. The molecule has 27 heavy (non-hydrogen) atoms. The molecular formula is C18H25N3O4S2. The van der Waals surface area contributed by atoms with Crippen LogP contribution in [0.4, 0.5) is 5.69 Å². The minimum absolute atomic E-state index is 0.0865.